The molecular formula is C10H8ClN3O3. The van der Waals surface area contributed by atoms with Gasteiger partial charge in [0.15, 0.2) is 0 Å². The van der Waals surface area contributed by atoms with Crippen LogP contribution in [-0.4, -0.2) is 9.91 Å². The number of anilines is 1. The van der Waals surface area contributed by atoms with E-state index in [-0.39, 0.29) is 5.88 Å². The topological polar surface area (TPSA) is 81.2 Å². The summed E-state index contributed by atoms with van der Waals surface area (Å²) in [4.78, 5) is 13.8. The summed E-state index contributed by atoms with van der Waals surface area (Å²) in [7, 11) is 0. The van der Waals surface area contributed by atoms with Crippen LogP contribution in [-0.2, 0) is 6.54 Å². The molecular weight excluding hydrogens is 246 g/mol. The molecule has 0 bridgehead atoms. The number of aromatic nitrogens is 1. The molecule has 2 rings (SSSR count). The predicted octanol–water partition coefficient (Wildman–Crippen LogP) is 2.85. The fraction of sp³-hybridized carbons (Fsp3) is 0.100. The first-order chi connectivity index (χ1) is 8.15. The molecule has 0 radical (unpaired) electrons. The van der Waals surface area contributed by atoms with Gasteiger partial charge in [0.2, 0.25) is 0 Å². The maximum absolute atomic E-state index is 10.4. The van der Waals surface area contributed by atoms with Crippen molar-refractivity contribution in [3.05, 3.63) is 51.4 Å². The van der Waals surface area contributed by atoms with E-state index in [1.807, 2.05) is 0 Å². The average molecular weight is 254 g/mol. The molecule has 1 N–H and O–H groups in total. The summed E-state index contributed by atoms with van der Waals surface area (Å²) in [6, 6.07) is 7.99. The second-order valence-corrected chi connectivity index (χ2v) is 3.58. The monoisotopic (exact) mass is 253 g/mol. The van der Waals surface area contributed by atoms with Crippen LogP contribution in [0.2, 0.25) is 5.15 Å². The molecule has 0 aromatic carbocycles. The normalized spacial score (nSPS) is 10.2. The molecule has 88 valence electrons. The smallest absolute Gasteiger partial charge is 0.404 e. The Labute approximate surface area is 101 Å². The van der Waals surface area contributed by atoms with Gasteiger partial charge < -0.3 is 9.73 Å². The van der Waals surface area contributed by atoms with Crippen LogP contribution < -0.4 is 5.32 Å². The number of furan rings is 1. The lowest BCUT2D eigenvalue weighted by molar-refractivity contribution is -0.402. The van der Waals surface area contributed by atoms with E-state index >= 15 is 0 Å². The minimum Gasteiger partial charge on any atom is -0.404 e. The van der Waals surface area contributed by atoms with Gasteiger partial charge in [-0.3, -0.25) is 10.1 Å². The molecule has 0 aliphatic carbocycles. The highest BCUT2D eigenvalue weighted by atomic mass is 35.5. The number of nitrogens with one attached hydrogen (secondary N) is 1. The number of nitrogens with zero attached hydrogens (tertiary/aromatic N) is 2. The van der Waals surface area contributed by atoms with Crippen LogP contribution in [0.15, 0.2) is 34.7 Å². The minimum atomic E-state index is -0.582. The van der Waals surface area contributed by atoms with Gasteiger partial charge in [0, 0.05) is 0 Å². The van der Waals surface area contributed by atoms with Crippen LogP contribution in [0.4, 0.5) is 11.7 Å². The summed E-state index contributed by atoms with van der Waals surface area (Å²) < 4.78 is 4.97. The lowest BCUT2D eigenvalue weighted by Gasteiger charge is -2.02. The third-order valence-electron chi connectivity index (χ3n) is 1.99. The van der Waals surface area contributed by atoms with Gasteiger partial charge in [0.05, 0.1) is 12.6 Å². The largest absolute Gasteiger partial charge is 0.433 e. The maximum atomic E-state index is 10.4. The van der Waals surface area contributed by atoms with Crippen molar-refractivity contribution >= 4 is 23.3 Å². The molecule has 2 aromatic rings. The van der Waals surface area contributed by atoms with E-state index in [2.05, 4.69) is 10.3 Å². The van der Waals surface area contributed by atoms with Crippen molar-refractivity contribution < 1.29 is 9.34 Å². The average Bonchev–Trinajstić information content (AvgIpc) is 2.75. The number of nitro groups is 1. The third-order valence-corrected chi connectivity index (χ3v) is 2.20. The third kappa shape index (κ3) is 2.94. The zero-order chi connectivity index (χ0) is 12.3. The van der Waals surface area contributed by atoms with Crippen LogP contribution in [0.5, 0.6) is 0 Å². The number of halogens is 1. The molecule has 0 aliphatic heterocycles. The van der Waals surface area contributed by atoms with Gasteiger partial charge in [-0.1, -0.05) is 17.7 Å². The van der Waals surface area contributed by atoms with E-state index in [1.165, 1.54) is 12.1 Å². The summed E-state index contributed by atoms with van der Waals surface area (Å²) in [6.07, 6.45) is 0. The molecule has 6 nitrogen and oxygen atoms in total. The fourth-order valence-corrected chi connectivity index (χ4v) is 1.41. The molecule has 2 heterocycles. The number of hydrogen-bond acceptors (Lipinski definition) is 5. The molecule has 0 fully saturated rings. The maximum Gasteiger partial charge on any atom is 0.433 e. The van der Waals surface area contributed by atoms with Crippen LogP contribution in [0.25, 0.3) is 0 Å². The SMILES string of the molecule is O=[N+]([O-])c1ccc(CNc2cccc(Cl)n2)o1. The molecule has 0 saturated carbocycles. The van der Waals surface area contributed by atoms with Crippen molar-refractivity contribution in [3.63, 3.8) is 0 Å². The van der Waals surface area contributed by atoms with Gasteiger partial charge in [-0.25, -0.2) is 4.98 Å². The van der Waals surface area contributed by atoms with E-state index in [0.29, 0.717) is 23.3 Å². The Bertz CT molecular complexity index is 541. The van der Waals surface area contributed by atoms with Crippen LogP contribution in [0.3, 0.4) is 0 Å². The highest BCUT2D eigenvalue weighted by Crippen LogP contribution is 2.17. The summed E-state index contributed by atoms with van der Waals surface area (Å²) in [5.41, 5.74) is 0. The summed E-state index contributed by atoms with van der Waals surface area (Å²) >= 11 is 5.71. The lowest BCUT2D eigenvalue weighted by Crippen LogP contribution is -1.99. The molecule has 7 heteroatoms. The van der Waals surface area contributed by atoms with Crippen molar-refractivity contribution in [3.8, 4) is 0 Å². The predicted molar refractivity (Wildman–Crippen MR) is 61.9 cm³/mol. The molecule has 17 heavy (non-hydrogen) atoms. The van der Waals surface area contributed by atoms with E-state index in [4.69, 9.17) is 16.0 Å². The number of pyridine rings is 1. The second kappa shape index (κ2) is 4.84. The Kier molecular flexibility index (Phi) is 3.24. The van der Waals surface area contributed by atoms with Crippen molar-refractivity contribution in [1.29, 1.82) is 0 Å². The molecule has 0 spiro atoms. The van der Waals surface area contributed by atoms with E-state index in [1.54, 1.807) is 18.2 Å². The Balaban J connectivity index is 2.00. The lowest BCUT2D eigenvalue weighted by atomic mass is 10.4. The molecule has 0 amide bonds. The Morgan fingerprint density at radius 1 is 1.41 bits per heavy atom. The first-order valence-corrected chi connectivity index (χ1v) is 5.12. The van der Waals surface area contributed by atoms with Gasteiger partial charge in [0.1, 0.15) is 21.7 Å². The van der Waals surface area contributed by atoms with Crippen molar-refractivity contribution in [2.24, 2.45) is 0 Å². The van der Waals surface area contributed by atoms with E-state index in [9.17, 15) is 10.1 Å². The Morgan fingerprint density at radius 3 is 2.88 bits per heavy atom. The molecule has 0 saturated heterocycles. The Hall–Kier alpha value is -2.08. The van der Waals surface area contributed by atoms with E-state index < -0.39 is 4.92 Å². The van der Waals surface area contributed by atoms with Crippen LogP contribution in [0, 0.1) is 10.1 Å². The zero-order valence-electron chi connectivity index (χ0n) is 8.59. The highest BCUT2D eigenvalue weighted by Gasteiger charge is 2.11. The number of hydrogen-bond donors (Lipinski definition) is 1. The van der Waals surface area contributed by atoms with Crippen LogP contribution >= 0.6 is 11.6 Å². The van der Waals surface area contributed by atoms with Crippen molar-refractivity contribution in [2.75, 3.05) is 5.32 Å². The minimum absolute atomic E-state index is 0.277. The first-order valence-electron chi connectivity index (χ1n) is 4.75. The Morgan fingerprint density at radius 2 is 2.24 bits per heavy atom. The molecule has 0 unspecified atom stereocenters. The standard InChI is InChI=1S/C10H8ClN3O3/c11-8-2-1-3-9(13-8)12-6-7-4-5-10(17-7)14(15)16/h1-5H,6H2,(H,12,13). The molecule has 2 aromatic heterocycles. The van der Waals surface area contributed by atoms with E-state index in [0.717, 1.165) is 0 Å². The van der Waals surface area contributed by atoms with Gasteiger partial charge in [-0.15, -0.1) is 0 Å². The van der Waals surface area contributed by atoms with Crippen LogP contribution in [0.1, 0.15) is 5.76 Å². The summed E-state index contributed by atoms with van der Waals surface area (Å²) in [5, 5.41) is 13.7. The fourth-order valence-electron chi connectivity index (χ4n) is 1.24. The van der Waals surface area contributed by atoms with Crippen molar-refractivity contribution in [1.82, 2.24) is 4.98 Å². The van der Waals surface area contributed by atoms with Gasteiger partial charge in [-0.05, 0) is 18.2 Å². The summed E-state index contributed by atoms with van der Waals surface area (Å²) in [6.45, 7) is 0.307. The van der Waals surface area contributed by atoms with Crippen molar-refractivity contribution in [2.45, 2.75) is 6.54 Å². The quantitative estimate of drug-likeness (QED) is 0.515. The second-order valence-electron chi connectivity index (χ2n) is 3.20. The van der Waals surface area contributed by atoms with Gasteiger partial charge in [-0.2, -0.15) is 0 Å². The highest BCUT2D eigenvalue weighted by molar-refractivity contribution is 6.29. The molecule has 0 atom stereocenters. The van der Waals surface area contributed by atoms with Gasteiger partial charge in [0.25, 0.3) is 0 Å². The molecule has 0 aliphatic rings. The van der Waals surface area contributed by atoms with Gasteiger partial charge >= 0.3 is 5.88 Å². The summed E-state index contributed by atoms with van der Waals surface area (Å²) in [5.74, 6) is 0.760. The zero-order valence-corrected chi connectivity index (χ0v) is 9.35. The first kappa shape index (κ1) is 11.4. The number of rotatable bonds is 4.